The van der Waals surface area contributed by atoms with Crippen molar-refractivity contribution < 1.29 is 4.74 Å². The molecule has 0 amide bonds. The molecule has 1 aromatic carbocycles. The molecule has 0 aliphatic rings. The largest absolute Gasteiger partial charge is 0.494 e. The molecule has 1 aromatic heterocycles. The second-order valence-electron chi connectivity index (χ2n) is 3.26. The van der Waals surface area contributed by atoms with E-state index in [9.17, 15) is 0 Å². The molecule has 0 bridgehead atoms. The van der Waals surface area contributed by atoms with Gasteiger partial charge in [0.1, 0.15) is 12.1 Å². The minimum Gasteiger partial charge on any atom is -0.494 e. The Morgan fingerprint density at radius 2 is 2.47 bits per heavy atom. The lowest BCUT2D eigenvalue weighted by Crippen LogP contribution is -1.93. The van der Waals surface area contributed by atoms with E-state index >= 15 is 0 Å². The van der Waals surface area contributed by atoms with Crippen LogP contribution in [0.1, 0.15) is 12.5 Å². The lowest BCUT2D eigenvalue weighted by Gasteiger charge is -2.02. The highest BCUT2D eigenvalue weighted by molar-refractivity contribution is 7.71. The average molecular weight is 248 g/mol. The molecule has 0 radical (unpaired) electrons. The number of aromatic nitrogens is 3. The van der Waals surface area contributed by atoms with Gasteiger partial charge in [-0.1, -0.05) is 12.1 Å². The van der Waals surface area contributed by atoms with Crippen LogP contribution >= 0.6 is 12.2 Å². The topological polar surface area (TPSA) is 55.2 Å². The van der Waals surface area contributed by atoms with Gasteiger partial charge in [-0.15, -0.1) is 0 Å². The number of aromatic amines is 1. The smallest absolute Gasteiger partial charge is 0.216 e. The Morgan fingerprint density at radius 3 is 3.18 bits per heavy atom. The van der Waals surface area contributed by atoms with E-state index in [4.69, 9.17) is 17.0 Å². The fourth-order valence-electron chi connectivity index (χ4n) is 1.30. The lowest BCUT2D eigenvalue weighted by atomic mass is 10.2. The lowest BCUT2D eigenvalue weighted by molar-refractivity contribution is 0.340. The van der Waals surface area contributed by atoms with E-state index < -0.39 is 0 Å². The molecule has 2 aromatic rings. The molecule has 0 fully saturated rings. The van der Waals surface area contributed by atoms with Crippen molar-refractivity contribution in [3.05, 3.63) is 40.9 Å². The second kappa shape index (κ2) is 5.40. The molecule has 5 nitrogen and oxygen atoms in total. The van der Waals surface area contributed by atoms with Crippen molar-refractivity contribution in [3.8, 4) is 5.75 Å². The summed E-state index contributed by atoms with van der Waals surface area (Å²) >= 11 is 4.97. The zero-order valence-electron chi connectivity index (χ0n) is 9.33. The Bertz CT molecular complexity index is 573. The predicted octanol–water partition coefficient (Wildman–Crippen LogP) is 2.22. The molecule has 0 aliphatic carbocycles. The van der Waals surface area contributed by atoms with Crippen LogP contribution in [0, 0.1) is 4.77 Å². The monoisotopic (exact) mass is 248 g/mol. The predicted molar refractivity (Wildman–Crippen MR) is 68.0 cm³/mol. The third kappa shape index (κ3) is 3.01. The number of H-pyrrole nitrogens is 1. The normalized spacial score (nSPS) is 10.9. The summed E-state index contributed by atoms with van der Waals surface area (Å²) in [6.07, 6.45) is 3.22. The number of rotatable bonds is 4. The van der Waals surface area contributed by atoms with E-state index in [1.165, 1.54) is 11.0 Å². The van der Waals surface area contributed by atoms with Crippen LogP contribution in [0.25, 0.3) is 0 Å². The Hall–Kier alpha value is -1.95. The van der Waals surface area contributed by atoms with Gasteiger partial charge in [-0.3, -0.25) is 5.10 Å². The fraction of sp³-hybridized carbons (Fsp3) is 0.182. The molecule has 88 valence electrons. The van der Waals surface area contributed by atoms with Crippen molar-refractivity contribution in [2.45, 2.75) is 6.92 Å². The maximum atomic E-state index is 5.40. The van der Waals surface area contributed by atoms with Gasteiger partial charge in [0.2, 0.25) is 4.77 Å². The molecule has 0 spiro atoms. The zero-order valence-corrected chi connectivity index (χ0v) is 10.1. The van der Waals surface area contributed by atoms with Crippen molar-refractivity contribution in [3.63, 3.8) is 0 Å². The summed E-state index contributed by atoms with van der Waals surface area (Å²) in [6.45, 7) is 2.60. The molecular formula is C11H12N4OS. The number of ether oxygens (including phenoxy) is 1. The maximum absolute atomic E-state index is 5.40. The van der Waals surface area contributed by atoms with Crippen molar-refractivity contribution in [2.75, 3.05) is 6.61 Å². The second-order valence-corrected chi connectivity index (χ2v) is 3.64. The standard InChI is InChI=1S/C11H12N4OS/c1-2-16-10-5-3-4-9(6-10)7-13-15-8-12-14-11(15)17/h3-8H,2H2,1H3,(H,14,17)/b13-7+. The quantitative estimate of drug-likeness (QED) is 0.666. The first-order chi connectivity index (χ1) is 8.29. The fourth-order valence-corrected chi connectivity index (χ4v) is 1.45. The SMILES string of the molecule is CCOc1cccc(/C=N/n2cn[nH]c2=S)c1. The van der Waals surface area contributed by atoms with E-state index in [1.807, 2.05) is 31.2 Å². The van der Waals surface area contributed by atoms with E-state index in [2.05, 4.69) is 15.3 Å². The van der Waals surface area contributed by atoms with E-state index in [-0.39, 0.29) is 0 Å². The van der Waals surface area contributed by atoms with Gasteiger partial charge in [0.05, 0.1) is 12.8 Å². The summed E-state index contributed by atoms with van der Waals surface area (Å²) in [5, 5.41) is 10.6. The van der Waals surface area contributed by atoms with Crippen LogP contribution in [-0.2, 0) is 0 Å². The van der Waals surface area contributed by atoms with Crippen LogP contribution in [0.3, 0.4) is 0 Å². The number of nitrogens with one attached hydrogen (secondary N) is 1. The summed E-state index contributed by atoms with van der Waals surface area (Å²) in [6, 6.07) is 7.68. The number of nitrogens with zero attached hydrogens (tertiary/aromatic N) is 3. The van der Waals surface area contributed by atoms with E-state index in [0.717, 1.165) is 11.3 Å². The molecule has 0 saturated heterocycles. The molecule has 1 heterocycles. The van der Waals surface area contributed by atoms with Crippen molar-refractivity contribution >= 4 is 18.4 Å². The first kappa shape index (κ1) is 11.5. The molecule has 0 unspecified atom stereocenters. The Balaban J connectivity index is 2.18. The molecule has 1 N–H and O–H groups in total. The highest BCUT2D eigenvalue weighted by atomic mass is 32.1. The molecular weight excluding hydrogens is 236 g/mol. The van der Waals surface area contributed by atoms with Gasteiger partial charge < -0.3 is 4.74 Å². The van der Waals surface area contributed by atoms with Crippen LogP contribution in [-0.4, -0.2) is 27.7 Å². The molecule has 0 saturated carbocycles. The Labute approximate surface area is 104 Å². The van der Waals surface area contributed by atoms with Crippen LogP contribution < -0.4 is 4.74 Å². The van der Waals surface area contributed by atoms with Crippen LogP contribution in [0.15, 0.2) is 35.7 Å². The first-order valence-electron chi connectivity index (χ1n) is 5.19. The summed E-state index contributed by atoms with van der Waals surface area (Å²) in [4.78, 5) is 0. The molecule has 0 aliphatic heterocycles. The third-order valence-electron chi connectivity index (χ3n) is 2.04. The van der Waals surface area contributed by atoms with Crippen molar-refractivity contribution in [1.82, 2.24) is 14.9 Å². The van der Waals surface area contributed by atoms with Gasteiger partial charge in [-0.2, -0.15) is 14.9 Å². The van der Waals surface area contributed by atoms with Crippen LogP contribution in [0.2, 0.25) is 0 Å². The zero-order chi connectivity index (χ0) is 12.1. The Kier molecular flexibility index (Phi) is 3.66. The van der Waals surface area contributed by atoms with Crippen LogP contribution in [0.5, 0.6) is 5.75 Å². The molecule has 6 heteroatoms. The third-order valence-corrected chi connectivity index (χ3v) is 2.31. The molecule has 0 atom stereocenters. The summed E-state index contributed by atoms with van der Waals surface area (Å²) in [5.41, 5.74) is 0.944. The highest BCUT2D eigenvalue weighted by Crippen LogP contribution is 2.11. The average Bonchev–Trinajstić information content (AvgIpc) is 2.73. The summed E-state index contributed by atoms with van der Waals surface area (Å²) < 4.78 is 7.35. The maximum Gasteiger partial charge on any atom is 0.216 e. The van der Waals surface area contributed by atoms with Gasteiger partial charge in [0.15, 0.2) is 0 Å². The van der Waals surface area contributed by atoms with E-state index in [1.54, 1.807) is 6.21 Å². The van der Waals surface area contributed by atoms with Gasteiger partial charge in [0, 0.05) is 0 Å². The molecule has 2 rings (SSSR count). The van der Waals surface area contributed by atoms with Gasteiger partial charge in [-0.05, 0) is 36.8 Å². The van der Waals surface area contributed by atoms with Gasteiger partial charge in [0.25, 0.3) is 0 Å². The van der Waals surface area contributed by atoms with Gasteiger partial charge in [-0.25, -0.2) is 0 Å². The summed E-state index contributed by atoms with van der Waals surface area (Å²) in [5.74, 6) is 0.826. The number of hydrogen-bond acceptors (Lipinski definition) is 4. The number of hydrogen-bond donors (Lipinski definition) is 1. The molecule has 17 heavy (non-hydrogen) atoms. The number of benzene rings is 1. The summed E-state index contributed by atoms with van der Waals surface area (Å²) in [7, 11) is 0. The van der Waals surface area contributed by atoms with Gasteiger partial charge >= 0.3 is 0 Å². The minimum absolute atomic E-state index is 0.460. The highest BCUT2D eigenvalue weighted by Gasteiger charge is 1.94. The van der Waals surface area contributed by atoms with Crippen LogP contribution in [0.4, 0.5) is 0 Å². The van der Waals surface area contributed by atoms with E-state index in [0.29, 0.717) is 11.4 Å². The minimum atomic E-state index is 0.460. The first-order valence-corrected chi connectivity index (χ1v) is 5.59. The Morgan fingerprint density at radius 1 is 1.59 bits per heavy atom. The van der Waals surface area contributed by atoms with Crippen molar-refractivity contribution in [2.24, 2.45) is 5.10 Å². The van der Waals surface area contributed by atoms with Crippen molar-refractivity contribution in [1.29, 1.82) is 0 Å².